The minimum absolute atomic E-state index is 0.0224. The van der Waals surface area contributed by atoms with Crippen LogP contribution in [0.5, 0.6) is 11.6 Å². The number of rotatable bonds is 3. The van der Waals surface area contributed by atoms with Crippen molar-refractivity contribution in [2.24, 2.45) is 0 Å². The first-order valence-corrected chi connectivity index (χ1v) is 5.27. The van der Waals surface area contributed by atoms with Crippen LogP contribution in [-0.4, -0.2) is 22.2 Å². The van der Waals surface area contributed by atoms with Crippen molar-refractivity contribution in [2.45, 2.75) is 13.3 Å². The van der Waals surface area contributed by atoms with Crippen LogP contribution in [0.1, 0.15) is 12.6 Å². The van der Waals surface area contributed by atoms with E-state index in [4.69, 9.17) is 4.74 Å². The summed E-state index contributed by atoms with van der Waals surface area (Å²) in [4.78, 5) is 6.96. The second-order valence-electron chi connectivity index (χ2n) is 3.59. The number of benzene rings is 1. The van der Waals surface area contributed by atoms with E-state index in [9.17, 15) is 9.50 Å². The first-order valence-electron chi connectivity index (χ1n) is 5.27. The van der Waals surface area contributed by atoms with Crippen LogP contribution in [0.4, 0.5) is 4.39 Å². The predicted molar refractivity (Wildman–Crippen MR) is 61.6 cm³/mol. The molecule has 17 heavy (non-hydrogen) atoms. The van der Waals surface area contributed by atoms with E-state index in [0.717, 1.165) is 0 Å². The number of methoxy groups -OCH3 is 1. The van der Waals surface area contributed by atoms with Gasteiger partial charge in [0.25, 0.3) is 0 Å². The van der Waals surface area contributed by atoms with E-state index in [1.807, 2.05) is 6.92 Å². The summed E-state index contributed by atoms with van der Waals surface area (Å²) in [6, 6.07) is 4.42. The number of ether oxygens (including phenoxy) is 1. The molecule has 90 valence electrons. The maximum Gasteiger partial charge on any atom is 0.232 e. The molecule has 0 saturated carbocycles. The van der Waals surface area contributed by atoms with Crippen LogP contribution in [-0.2, 0) is 6.42 Å². The average Bonchev–Trinajstić information content (AvgIpc) is 2.71. The SMILES string of the molecule is CCc1[nH]c(-c2ccc(F)c(OC)c2)nc1O. The Morgan fingerprint density at radius 2 is 2.24 bits per heavy atom. The number of hydrogen-bond donors (Lipinski definition) is 2. The lowest BCUT2D eigenvalue weighted by atomic mass is 10.2. The van der Waals surface area contributed by atoms with Gasteiger partial charge in [0.05, 0.1) is 12.8 Å². The van der Waals surface area contributed by atoms with Gasteiger partial charge in [-0.15, -0.1) is 0 Å². The number of H-pyrrole nitrogens is 1. The van der Waals surface area contributed by atoms with E-state index in [-0.39, 0.29) is 11.6 Å². The fraction of sp³-hybridized carbons (Fsp3) is 0.250. The van der Waals surface area contributed by atoms with Gasteiger partial charge in [-0.1, -0.05) is 6.92 Å². The van der Waals surface area contributed by atoms with Crippen LogP contribution >= 0.6 is 0 Å². The number of aromatic amines is 1. The molecule has 0 spiro atoms. The molecule has 0 aliphatic heterocycles. The molecule has 0 amide bonds. The van der Waals surface area contributed by atoms with Crippen LogP contribution in [0.3, 0.4) is 0 Å². The molecule has 0 aliphatic carbocycles. The predicted octanol–water partition coefficient (Wildman–Crippen LogP) is 2.49. The number of nitrogens with zero attached hydrogens (tertiary/aromatic N) is 1. The number of halogens is 1. The van der Waals surface area contributed by atoms with E-state index in [0.29, 0.717) is 23.5 Å². The summed E-state index contributed by atoms with van der Waals surface area (Å²) in [5, 5.41) is 9.53. The molecule has 0 saturated heterocycles. The second kappa shape index (κ2) is 4.45. The molecule has 1 aromatic carbocycles. The van der Waals surface area contributed by atoms with Crippen LogP contribution in [0.15, 0.2) is 18.2 Å². The van der Waals surface area contributed by atoms with Crippen molar-refractivity contribution in [1.29, 1.82) is 0 Å². The lowest BCUT2D eigenvalue weighted by Gasteiger charge is -2.03. The Bertz CT molecular complexity index is 537. The molecule has 0 atom stereocenters. The van der Waals surface area contributed by atoms with Crippen molar-refractivity contribution >= 4 is 0 Å². The molecule has 2 N–H and O–H groups in total. The van der Waals surface area contributed by atoms with Crippen molar-refractivity contribution < 1.29 is 14.2 Å². The molecule has 4 nitrogen and oxygen atoms in total. The number of hydrogen-bond acceptors (Lipinski definition) is 3. The standard InChI is InChI=1S/C12H13FN2O2/c1-3-9-12(16)15-11(14-9)7-4-5-8(13)10(6-7)17-2/h4-6,16H,3H2,1-2H3,(H,14,15). The zero-order valence-electron chi connectivity index (χ0n) is 9.62. The number of aromatic hydroxyl groups is 1. The van der Waals surface area contributed by atoms with E-state index in [2.05, 4.69) is 9.97 Å². The summed E-state index contributed by atoms with van der Waals surface area (Å²) in [6.07, 6.45) is 0.650. The van der Waals surface area contributed by atoms with Crippen molar-refractivity contribution in [3.63, 3.8) is 0 Å². The topological polar surface area (TPSA) is 58.1 Å². The van der Waals surface area contributed by atoms with Crippen molar-refractivity contribution in [3.8, 4) is 23.0 Å². The van der Waals surface area contributed by atoms with Crippen LogP contribution in [0.2, 0.25) is 0 Å². The Labute approximate surface area is 98.1 Å². The largest absolute Gasteiger partial charge is 0.494 e. The zero-order chi connectivity index (χ0) is 12.4. The fourth-order valence-electron chi connectivity index (χ4n) is 1.59. The lowest BCUT2D eigenvalue weighted by Crippen LogP contribution is -1.89. The summed E-state index contributed by atoms with van der Waals surface area (Å²) >= 11 is 0. The lowest BCUT2D eigenvalue weighted by molar-refractivity contribution is 0.386. The monoisotopic (exact) mass is 236 g/mol. The molecule has 0 aliphatic rings. The number of nitrogens with one attached hydrogen (secondary N) is 1. The molecule has 0 fully saturated rings. The maximum atomic E-state index is 13.2. The molecule has 2 aromatic rings. The first kappa shape index (κ1) is 11.4. The average molecular weight is 236 g/mol. The van der Waals surface area contributed by atoms with Gasteiger partial charge < -0.3 is 14.8 Å². The van der Waals surface area contributed by atoms with Crippen molar-refractivity contribution in [2.75, 3.05) is 7.11 Å². The van der Waals surface area contributed by atoms with Gasteiger partial charge in [-0.25, -0.2) is 4.39 Å². The third-order valence-corrected chi connectivity index (χ3v) is 2.54. The quantitative estimate of drug-likeness (QED) is 0.860. The summed E-state index contributed by atoms with van der Waals surface area (Å²) in [5.41, 5.74) is 1.32. The van der Waals surface area contributed by atoms with Crippen LogP contribution < -0.4 is 4.74 Å². The van der Waals surface area contributed by atoms with Gasteiger partial charge in [0.2, 0.25) is 5.88 Å². The van der Waals surface area contributed by atoms with E-state index < -0.39 is 5.82 Å². The number of aryl methyl sites for hydroxylation is 1. The normalized spacial score (nSPS) is 10.5. The molecule has 0 bridgehead atoms. The fourth-order valence-corrected chi connectivity index (χ4v) is 1.59. The summed E-state index contributed by atoms with van der Waals surface area (Å²) < 4.78 is 18.1. The van der Waals surface area contributed by atoms with Gasteiger partial charge in [0.15, 0.2) is 11.6 Å². The number of imidazole rings is 1. The highest BCUT2D eigenvalue weighted by Gasteiger charge is 2.11. The van der Waals surface area contributed by atoms with Gasteiger partial charge in [0, 0.05) is 5.56 Å². The highest BCUT2D eigenvalue weighted by atomic mass is 19.1. The highest BCUT2D eigenvalue weighted by Crippen LogP contribution is 2.27. The summed E-state index contributed by atoms with van der Waals surface area (Å²) in [7, 11) is 1.40. The van der Waals surface area contributed by atoms with Crippen molar-refractivity contribution in [3.05, 3.63) is 29.7 Å². The Hall–Kier alpha value is -2.04. The molecular formula is C12H13FN2O2. The third-order valence-electron chi connectivity index (χ3n) is 2.54. The Morgan fingerprint density at radius 3 is 2.82 bits per heavy atom. The Morgan fingerprint density at radius 1 is 1.47 bits per heavy atom. The van der Waals surface area contributed by atoms with Crippen molar-refractivity contribution in [1.82, 2.24) is 9.97 Å². The molecule has 0 unspecified atom stereocenters. The minimum atomic E-state index is -0.428. The van der Waals surface area contributed by atoms with E-state index >= 15 is 0 Å². The summed E-state index contributed by atoms with van der Waals surface area (Å²) in [5.74, 6) is 0.197. The zero-order valence-corrected chi connectivity index (χ0v) is 9.62. The van der Waals surface area contributed by atoms with Crippen LogP contribution in [0, 0.1) is 5.82 Å². The summed E-state index contributed by atoms with van der Waals surface area (Å²) in [6.45, 7) is 1.91. The highest BCUT2D eigenvalue weighted by molar-refractivity contribution is 5.59. The van der Waals surface area contributed by atoms with E-state index in [1.54, 1.807) is 6.07 Å². The second-order valence-corrected chi connectivity index (χ2v) is 3.59. The molecular weight excluding hydrogens is 223 g/mol. The van der Waals surface area contributed by atoms with Gasteiger partial charge in [-0.2, -0.15) is 4.98 Å². The molecule has 0 radical (unpaired) electrons. The molecule has 1 aromatic heterocycles. The third kappa shape index (κ3) is 2.08. The van der Waals surface area contributed by atoms with E-state index in [1.165, 1.54) is 19.2 Å². The van der Waals surface area contributed by atoms with Gasteiger partial charge in [-0.3, -0.25) is 0 Å². The Balaban J connectivity index is 2.45. The van der Waals surface area contributed by atoms with Crippen LogP contribution in [0.25, 0.3) is 11.4 Å². The minimum Gasteiger partial charge on any atom is -0.494 e. The maximum absolute atomic E-state index is 13.2. The number of aromatic nitrogens is 2. The molecule has 5 heteroatoms. The molecule has 1 heterocycles. The smallest absolute Gasteiger partial charge is 0.232 e. The van der Waals surface area contributed by atoms with Gasteiger partial charge in [0.1, 0.15) is 5.82 Å². The molecule has 2 rings (SSSR count). The van der Waals surface area contributed by atoms with Gasteiger partial charge >= 0.3 is 0 Å². The Kier molecular flexibility index (Phi) is 2.99. The first-order chi connectivity index (χ1) is 8.15. The van der Waals surface area contributed by atoms with Gasteiger partial charge in [-0.05, 0) is 24.6 Å².